The minimum Gasteiger partial charge on any atom is -0.481 e. The molecule has 0 amide bonds. The van der Waals surface area contributed by atoms with Crippen LogP contribution in [0, 0.1) is 0 Å². The zero-order valence-corrected chi connectivity index (χ0v) is 13.7. The number of hydrogen-bond donors (Lipinski definition) is 1. The maximum absolute atomic E-state index is 12.3. The van der Waals surface area contributed by atoms with E-state index < -0.39 is 21.4 Å². The second kappa shape index (κ2) is 5.98. The van der Waals surface area contributed by atoms with Gasteiger partial charge in [-0.2, -0.15) is 11.8 Å². The zero-order chi connectivity index (χ0) is 15.7. The van der Waals surface area contributed by atoms with Crippen molar-refractivity contribution in [2.24, 2.45) is 0 Å². The maximum Gasteiger partial charge on any atom is 0.314 e. The van der Waals surface area contributed by atoms with Gasteiger partial charge in [-0.05, 0) is 36.8 Å². The van der Waals surface area contributed by atoms with Crippen molar-refractivity contribution in [2.45, 2.75) is 23.2 Å². The predicted molar refractivity (Wildman–Crippen MR) is 83.2 cm³/mol. The molecule has 0 spiro atoms. The van der Waals surface area contributed by atoms with Crippen molar-refractivity contribution >= 4 is 27.8 Å². The number of hydrogen-bond acceptors (Lipinski definition) is 4. The minimum atomic E-state index is -3.50. The first-order valence-corrected chi connectivity index (χ1v) is 9.47. The van der Waals surface area contributed by atoms with E-state index in [0.717, 1.165) is 5.75 Å². The lowest BCUT2D eigenvalue weighted by Crippen LogP contribution is -2.29. The van der Waals surface area contributed by atoms with Crippen LogP contribution in [0.2, 0.25) is 0 Å². The Labute approximate surface area is 129 Å². The molecule has 2 rings (SSSR count). The highest BCUT2D eigenvalue weighted by molar-refractivity contribution is 7.98. The lowest BCUT2D eigenvalue weighted by atomic mass is 9.96. The molecule has 0 aromatic heterocycles. The predicted octanol–water partition coefficient (Wildman–Crippen LogP) is 1.79. The molecule has 5 nitrogen and oxygen atoms in total. The van der Waals surface area contributed by atoms with Gasteiger partial charge in [0.05, 0.1) is 10.3 Å². The van der Waals surface area contributed by atoms with Crippen LogP contribution < -0.4 is 0 Å². The number of carboxylic acid groups (broad SMARTS) is 1. The maximum atomic E-state index is 12.3. The van der Waals surface area contributed by atoms with E-state index in [-0.39, 0.29) is 4.90 Å². The van der Waals surface area contributed by atoms with Gasteiger partial charge in [0.1, 0.15) is 0 Å². The number of rotatable bonds is 7. The third-order valence-electron chi connectivity index (χ3n) is 3.88. The first kappa shape index (κ1) is 16.3. The van der Waals surface area contributed by atoms with Crippen molar-refractivity contribution in [3.8, 4) is 0 Å². The van der Waals surface area contributed by atoms with Gasteiger partial charge in [0.2, 0.25) is 10.0 Å². The van der Waals surface area contributed by atoms with E-state index in [1.54, 1.807) is 30.9 Å². The molecule has 0 atom stereocenters. The summed E-state index contributed by atoms with van der Waals surface area (Å²) in [6, 6.07) is 6.25. The summed E-state index contributed by atoms with van der Waals surface area (Å²) in [6.45, 7) is 0.449. The van der Waals surface area contributed by atoms with Gasteiger partial charge in [-0.1, -0.05) is 12.1 Å². The van der Waals surface area contributed by atoms with Gasteiger partial charge in [-0.3, -0.25) is 4.79 Å². The molecule has 116 valence electrons. The number of nitrogens with zero attached hydrogens (tertiary/aromatic N) is 1. The number of thioether (sulfide) groups is 1. The van der Waals surface area contributed by atoms with Gasteiger partial charge in [-0.25, -0.2) is 12.7 Å². The van der Waals surface area contributed by atoms with Crippen molar-refractivity contribution in [2.75, 3.05) is 25.6 Å². The first-order valence-electron chi connectivity index (χ1n) is 6.64. The van der Waals surface area contributed by atoms with Crippen LogP contribution in [0.4, 0.5) is 0 Å². The van der Waals surface area contributed by atoms with Gasteiger partial charge in [0.25, 0.3) is 0 Å². The lowest BCUT2D eigenvalue weighted by molar-refractivity contribution is -0.140. The Morgan fingerprint density at radius 2 is 1.90 bits per heavy atom. The molecule has 0 saturated heterocycles. The fourth-order valence-electron chi connectivity index (χ4n) is 2.22. The molecule has 1 aromatic carbocycles. The molecule has 0 heterocycles. The van der Waals surface area contributed by atoms with Crippen LogP contribution >= 0.6 is 11.8 Å². The average Bonchev–Trinajstić information content (AvgIpc) is 3.26. The van der Waals surface area contributed by atoms with Gasteiger partial charge < -0.3 is 5.11 Å². The molecule has 1 N–H and O–H groups in total. The van der Waals surface area contributed by atoms with Crippen molar-refractivity contribution in [3.63, 3.8) is 0 Å². The molecular weight excluding hydrogens is 310 g/mol. The van der Waals surface area contributed by atoms with Gasteiger partial charge >= 0.3 is 5.97 Å². The van der Waals surface area contributed by atoms with Gasteiger partial charge in [-0.15, -0.1) is 0 Å². The number of aliphatic carboxylic acids is 1. The molecule has 1 aliphatic rings. The van der Waals surface area contributed by atoms with Crippen molar-refractivity contribution < 1.29 is 18.3 Å². The van der Waals surface area contributed by atoms with E-state index in [4.69, 9.17) is 0 Å². The normalized spacial score (nSPS) is 16.9. The average molecular weight is 329 g/mol. The largest absolute Gasteiger partial charge is 0.481 e. The number of benzene rings is 1. The number of sulfonamides is 1. The second-order valence-electron chi connectivity index (χ2n) is 5.23. The van der Waals surface area contributed by atoms with Crippen molar-refractivity contribution in [1.29, 1.82) is 0 Å². The van der Waals surface area contributed by atoms with Gasteiger partial charge in [0, 0.05) is 19.3 Å². The molecule has 1 saturated carbocycles. The molecule has 0 radical (unpaired) electrons. The van der Waals surface area contributed by atoms with E-state index >= 15 is 0 Å². The molecule has 7 heteroatoms. The Hall–Kier alpha value is -1.05. The smallest absolute Gasteiger partial charge is 0.314 e. The molecule has 0 bridgehead atoms. The molecule has 0 unspecified atom stereocenters. The molecular formula is C14H19NO4S2. The molecule has 1 aliphatic carbocycles. The van der Waals surface area contributed by atoms with Gasteiger partial charge in [0.15, 0.2) is 0 Å². The summed E-state index contributed by atoms with van der Waals surface area (Å²) >= 11 is 1.59. The first-order chi connectivity index (χ1) is 9.84. The summed E-state index contributed by atoms with van der Waals surface area (Å²) in [4.78, 5) is 11.5. The fraction of sp³-hybridized carbons (Fsp3) is 0.500. The molecule has 0 aliphatic heterocycles. The Morgan fingerprint density at radius 3 is 2.33 bits per heavy atom. The summed E-state index contributed by atoms with van der Waals surface area (Å²) in [6.07, 6.45) is 3.15. The topological polar surface area (TPSA) is 74.7 Å². The highest BCUT2D eigenvalue weighted by atomic mass is 32.2. The minimum absolute atomic E-state index is 0.205. The zero-order valence-electron chi connectivity index (χ0n) is 12.1. The van der Waals surface area contributed by atoms with Crippen LogP contribution in [0.1, 0.15) is 18.4 Å². The summed E-state index contributed by atoms with van der Waals surface area (Å²) in [7, 11) is -1.95. The quantitative estimate of drug-likeness (QED) is 0.825. The summed E-state index contributed by atoms with van der Waals surface area (Å²) in [5.74, 6) is -0.106. The van der Waals surface area contributed by atoms with E-state index in [1.807, 2.05) is 6.26 Å². The van der Waals surface area contributed by atoms with Crippen molar-refractivity contribution in [3.05, 3.63) is 29.8 Å². The third kappa shape index (κ3) is 3.09. The summed E-state index contributed by atoms with van der Waals surface area (Å²) in [5, 5.41) is 9.24. The van der Waals surface area contributed by atoms with E-state index in [9.17, 15) is 18.3 Å². The van der Waals surface area contributed by atoms with E-state index in [1.165, 1.54) is 16.4 Å². The van der Waals surface area contributed by atoms with Crippen LogP contribution in [0.3, 0.4) is 0 Å². The monoisotopic (exact) mass is 329 g/mol. The Balaban J connectivity index is 2.21. The van der Waals surface area contributed by atoms with Crippen LogP contribution in [0.15, 0.2) is 29.2 Å². The highest BCUT2D eigenvalue weighted by Crippen LogP contribution is 2.48. The fourth-order valence-corrected chi connectivity index (χ4v) is 3.96. The van der Waals surface area contributed by atoms with Crippen LogP contribution in [-0.2, 0) is 20.2 Å². The summed E-state index contributed by atoms with van der Waals surface area (Å²) in [5.41, 5.74) is -0.117. The van der Waals surface area contributed by atoms with Crippen LogP contribution in [0.25, 0.3) is 0 Å². The van der Waals surface area contributed by atoms with E-state index in [2.05, 4.69) is 0 Å². The summed E-state index contributed by atoms with van der Waals surface area (Å²) < 4.78 is 26.0. The Morgan fingerprint density at radius 1 is 1.33 bits per heavy atom. The Kier molecular flexibility index (Phi) is 4.65. The Bertz CT molecular complexity index is 621. The SMILES string of the molecule is CSCCN(C)S(=O)(=O)c1ccc(C2(C(=O)O)CC2)cc1. The molecule has 1 fully saturated rings. The lowest BCUT2D eigenvalue weighted by Gasteiger charge is -2.17. The van der Waals surface area contributed by atoms with Crippen LogP contribution in [0.5, 0.6) is 0 Å². The molecule has 21 heavy (non-hydrogen) atoms. The number of carboxylic acids is 1. The molecule has 1 aromatic rings. The van der Waals surface area contributed by atoms with Crippen molar-refractivity contribution in [1.82, 2.24) is 4.31 Å². The van der Waals surface area contributed by atoms with Crippen LogP contribution in [-0.4, -0.2) is 49.4 Å². The second-order valence-corrected chi connectivity index (χ2v) is 8.26. The third-order valence-corrected chi connectivity index (χ3v) is 6.35. The number of carbonyl (C=O) groups is 1. The standard InChI is InChI=1S/C14H19NO4S2/c1-15(9-10-20-2)21(18,19)12-5-3-11(4-6-12)14(7-8-14)13(16)17/h3-6H,7-10H2,1-2H3,(H,16,17). The van der Waals surface area contributed by atoms with E-state index in [0.29, 0.717) is 24.9 Å². The highest BCUT2D eigenvalue weighted by Gasteiger charge is 2.51.